The average Bonchev–Trinajstić information content (AvgIpc) is 3.08. The number of fused-ring (bicyclic) bond motifs is 2. The number of nitrogens with one attached hydrogen (secondary N) is 1. The third kappa shape index (κ3) is 1.70. The predicted octanol–water partition coefficient (Wildman–Crippen LogP) is 3.48. The van der Waals surface area contributed by atoms with E-state index in [1.165, 1.54) is 25.7 Å². The molecule has 1 N–H and O–H groups in total. The van der Waals surface area contributed by atoms with E-state index in [1.54, 1.807) is 14.2 Å². The van der Waals surface area contributed by atoms with Gasteiger partial charge in [-0.3, -0.25) is 0 Å². The van der Waals surface area contributed by atoms with Gasteiger partial charge in [0.1, 0.15) is 5.82 Å². The summed E-state index contributed by atoms with van der Waals surface area (Å²) in [6.45, 7) is 0. The Balaban J connectivity index is 1.72. The summed E-state index contributed by atoms with van der Waals surface area (Å²) in [5.74, 6) is 5.05. The monoisotopic (exact) mass is 272 g/mol. The number of benzene rings is 1. The fraction of sp³-hybridized carbons (Fsp3) is 0.562. The standard InChI is InChI=1S/C16H20N2O2/c1-19-13-7-11-12(8-14(13)20-2)18-16(17-11)15-9-5-3-4-6-10(9)15/h7-10,15H,3-6H2,1-2H3,(H,17,18). The van der Waals surface area contributed by atoms with Crippen LogP contribution in [-0.2, 0) is 0 Å². The van der Waals surface area contributed by atoms with Crippen molar-refractivity contribution in [2.75, 3.05) is 14.2 Å². The normalized spacial score (nSPS) is 28.2. The number of aromatic nitrogens is 2. The molecule has 4 rings (SSSR count). The Morgan fingerprint density at radius 1 is 1.05 bits per heavy atom. The zero-order valence-electron chi connectivity index (χ0n) is 12.0. The first kappa shape index (κ1) is 12.1. The van der Waals surface area contributed by atoms with Gasteiger partial charge in [-0.15, -0.1) is 0 Å². The highest BCUT2D eigenvalue weighted by Gasteiger charge is 2.52. The Morgan fingerprint density at radius 2 is 1.70 bits per heavy atom. The Kier molecular flexibility index (Phi) is 2.65. The van der Waals surface area contributed by atoms with E-state index in [1.807, 2.05) is 12.1 Å². The summed E-state index contributed by atoms with van der Waals surface area (Å²) in [5.41, 5.74) is 2.02. The molecule has 0 bridgehead atoms. The molecule has 0 saturated heterocycles. The molecule has 2 aromatic rings. The minimum absolute atomic E-state index is 0.655. The van der Waals surface area contributed by atoms with Crippen LogP contribution < -0.4 is 9.47 Å². The van der Waals surface area contributed by atoms with Crippen LogP contribution in [0.3, 0.4) is 0 Å². The second kappa shape index (κ2) is 4.40. The van der Waals surface area contributed by atoms with Crippen molar-refractivity contribution in [3.05, 3.63) is 18.0 Å². The van der Waals surface area contributed by atoms with Crippen molar-refractivity contribution in [3.63, 3.8) is 0 Å². The van der Waals surface area contributed by atoms with Gasteiger partial charge in [-0.05, 0) is 24.7 Å². The second-order valence-corrected chi connectivity index (χ2v) is 5.98. The minimum Gasteiger partial charge on any atom is -0.493 e. The maximum Gasteiger partial charge on any atom is 0.163 e. The number of nitrogens with zero attached hydrogens (tertiary/aromatic N) is 1. The van der Waals surface area contributed by atoms with E-state index in [4.69, 9.17) is 14.5 Å². The van der Waals surface area contributed by atoms with Crippen LogP contribution in [0.25, 0.3) is 11.0 Å². The number of ether oxygens (including phenoxy) is 2. The summed E-state index contributed by atoms with van der Waals surface area (Å²) >= 11 is 0. The Labute approximate surface area is 118 Å². The van der Waals surface area contributed by atoms with Gasteiger partial charge in [0.05, 0.1) is 25.3 Å². The maximum atomic E-state index is 5.35. The van der Waals surface area contributed by atoms with Crippen molar-refractivity contribution in [1.29, 1.82) is 0 Å². The van der Waals surface area contributed by atoms with Crippen LogP contribution in [0.4, 0.5) is 0 Å². The molecule has 0 radical (unpaired) electrons. The second-order valence-electron chi connectivity index (χ2n) is 5.98. The molecular weight excluding hydrogens is 252 g/mol. The molecule has 4 nitrogen and oxygen atoms in total. The van der Waals surface area contributed by atoms with E-state index in [-0.39, 0.29) is 0 Å². The van der Waals surface area contributed by atoms with E-state index >= 15 is 0 Å². The topological polar surface area (TPSA) is 47.1 Å². The van der Waals surface area contributed by atoms with Gasteiger partial charge in [-0.1, -0.05) is 12.8 Å². The van der Waals surface area contributed by atoms with Crippen LogP contribution >= 0.6 is 0 Å². The quantitative estimate of drug-likeness (QED) is 0.930. The van der Waals surface area contributed by atoms with Gasteiger partial charge in [-0.2, -0.15) is 0 Å². The highest BCUT2D eigenvalue weighted by molar-refractivity contribution is 5.80. The number of H-pyrrole nitrogens is 1. The molecule has 1 aromatic heterocycles. The largest absolute Gasteiger partial charge is 0.493 e. The van der Waals surface area contributed by atoms with Gasteiger partial charge in [0.15, 0.2) is 11.5 Å². The number of aromatic amines is 1. The van der Waals surface area contributed by atoms with Gasteiger partial charge < -0.3 is 14.5 Å². The molecule has 1 aromatic carbocycles. The van der Waals surface area contributed by atoms with Gasteiger partial charge in [0.25, 0.3) is 0 Å². The molecule has 2 aliphatic rings. The van der Waals surface area contributed by atoms with Crippen LogP contribution in [0.5, 0.6) is 11.5 Å². The van der Waals surface area contributed by atoms with E-state index in [0.717, 1.165) is 40.2 Å². The molecule has 2 atom stereocenters. The number of hydrogen-bond donors (Lipinski definition) is 1. The van der Waals surface area contributed by atoms with Crippen molar-refractivity contribution >= 4 is 11.0 Å². The SMILES string of the molecule is COc1cc2nc(C3C4CCCCC43)[nH]c2cc1OC. The van der Waals surface area contributed by atoms with Gasteiger partial charge in [-0.25, -0.2) is 4.98 Å². The molecule has 2 saturated carbocycles. The summed E-state index contributed by atoms with van der Waals surface area (Å²) in [6.07, 6.45) is 5.52. The molecule has 0 amide bonds. The van der Waals surface area contributed by atoms with E-state index in [2.05, 4.69) is 4.98 Å². The molecular formula is C16H20N2O2. The summed E-state index contributed by atoms with van der Waals surface area (Å²) < 4.78 is 10.7. The Bertz CT molecular complexity index is 596. The first-order chi connectivity index (χ1) is 9.81. The smallest absolute Gasteiger partial charge is 0.163 e. The highest BCUT2D eigenvalue weighted by atomic mass is 16.5. The summed E-state index contributed by atoms with van der Waals surface area (Å²) in [4.78, 5) is 8.29. The number of hydrogen-bond acceptors (Lipinski definition) is 3. The zero-order chi connectivity index (χ0) is 13.7. The lowest BCUT2D eigenvalue weighted by molar-refractivity contribution is 0.356. The maximum absolute atomic E-state index is 5.35. The first-order valence-electron chi connectivity index (χ1n) is 7.43. The molecule has 106 valence electrons. The lowest BCUT2D eigenvalue weighted by Crippen LogP contribution is -1.91. The third-order valence-corrected chi connectivity index (χ3v) is 4.98. The summed E-state index contributed by atoms with van der Waals surface area (Å²) in [5, 5.41) is 0. The van der Waals surface area contributed by atoms with Crippen LogP contribution in [-0.4, -0.2) is 24.2 Å². The average molecular weight is 272 g/mol. The first-order valence-corrected chi connectivity index (χ1v) is 7.43. The Morgan fingerprint density at radius 3 is 2.35 bits per heavy atom. The minimum atomic E-state index is 0.655. The van der Waals surface area contributed by atoms with Gasteiger partial charge in [0, 0.05) is 18.1 Å². The molecule has 0 aliphatic heterocycles. The molecule has 0 spiro atoms. The van der Waals surface area contributed by atoms with Crippen LogP contribution in [0, 0.1) is 11.8 Å². The third-order valence-electron chi connectivity index (χ3n) is 4.98. The number of imidazole rings is 1. The lowest BCUT2D eigenvalue weighted by atomic mass is 10.0. The molecule has 4 heteroatoms. The van der Waals surface area contributed by atoms with Crippen LogP contribution in [0.2, 0.25) is 0 Å². The van der Waals surface area contributed by atoms with Gasteiger partial charge in [0.2, 0.25) is 0 Å². The van der Waals surface area contributed by atoms with Crippen molar-refractivity contribution in [2.45, 2.75) is 31.6 Å². The van der Waals surface area contributed by atoms with E-state index < -0.39 is 0 Å². The predicted molar refractivity (Wildman–Crippen MR) is 77.4 cm³/mol. The zero-order valence-corrected chi connectivity index (χ0v) is 12.0. The lowest BCUT2D eigenvalue weighted by Gasteiger charge is -2.06. The fourth-order valence-corrected chi connectivity index (χ4v) is 3.91. The van der Waals surface area contributed by atoms with Crippen molar-refractivity contribution < 1.29 is 9.47 Å². The highest BCUT2D eigenvalue weighted by Crippen LogP contribution is 2.60. The van der Waals surface area contributed by atoms with Crippen molar-refractivity contribution in [2.24, 2.45) is 11.8 Å². The van der Waals surface area contributed by atoms with Crippen LogP contribution in [0.15, 0.2) is 12.1 Å². The summed E-state index contributed by atoms with van der Waals surface area (Å²) in [6, 6.07) is 3.94. The number of methoxy groups -OCH3 is 2. The molecule has 2 aliphatic carbocycles. The number of rotatable bonds is 3. The van der Waals surface area contributed by atoms with Crippen molar-refractivity contribution in [3.8, 4) is 11.5 Å². The fourth-order valence-electron chi connectivity index (χ4n) is 3.91. The Hall–Kier alpha value is -1.71. The molecule has 2 fully saturated rings. The molecule has 20 heavy (non-hydrogen) atoms. The van der Waals surface area contributed by atoms with E-state index in [0.29, 0.717) is 5.92 Å². The molecule has 2 unspecified atom stereocenters. The molecule has 1 heterocycles. The van der Waals surface area contributed by atoms with Gasteiger partial charge >= 0.3 is 0 Å². The van der Waals surface area contributed by atoms with E-state index in [9.17, 15) is 0 Å². The van der Waals surface area contributed by atoms with Crippen molar-refractivity contribution in [1.82, 2.24) is 9.97 Å². The summed E-state index contributed by atoms with van der Waals surface area (Å²) in [7, 11) is 3.32. The van der Waals surface area contributed by atoms with Crippen LogP contribution in [0.1, 0.15) is 37.4 Å².